The van der Waals surface area contributed by atoms with Crippen LogP contribution in [0.3, 0.4) is 0 Å². The van der Waals surface area contributed by atoms with Crippen molar-refractivity contribution in [2.24, 2.45) is 0 Å². The van der Waals surface area contributed by atoms with Crippen molar-refractivity contribution in [2.75, 3.05) is 60.8 Å². The van der Waals surface area contributed by atoms with Gasteiger partial charge in [0.1, 0.15) is 78.4 Å². The van der Waals surface area contributed by atoms with Gasteiger partial charge < -0.3 is 88.7 Å². The number of carbonyl (C=O) groups is 3. The second-order valence-corrected chi connectivity index (χ2v) is 51.8. The second kappa shape index (κ2) is 60.5. The predicted octanol–water partition coefficient (Wildman–Crippen LogP) is 22.9. The molecule has 5 unspecified atom stereocenters. The zero-order valence-corrected chi connectivity index (χ0v) is 104. The number of carbonyl (C=O) groups excluding carboxylic acids is 3. The van der Waals surface area contributed by atoms with Crippen molar-refractivity contribution < 1.29 is 232 Å². The minimum atomic E-state index is -5.20. The van der Waals surface area contributed by atoms with Gasteiger partial charge in [-0.15, -0.1) is 0 Å². The van der Waals surface area contributed by atoms with Crippen LogP contribution in [0.2, 0.25) is 0 Å². The number of halogens is 33. The zero-order valence-electron chi connectivity index (χ0n) is 71.1. The van der Waals surface area contributed by atoms with Crippen molar-refractivity contribution in [1.82, 2.24) is 0 Å². The molecule has 0 saturated heterocycles. The van der Waals surface area contributed by atoms with E-state index < -0.39 is 214 Å². The summed E-state index contributed by atoms with van der Waals surface area (Å²) in [6.07, 6.45) is -38.9. The van der Waals surface area contributed by atoms with Crippen LogP contribution in [0, 0.1) is 5.82 Å². The smallest absolute Gasteiger partial charge is 0.514 e. The Labute approximate surface area is 965 Å². The number of alkyl halides is 15. The van der Waals surface area contributed by atoms with Gasteiger partial charge in [-0.1, -0.05) is 50.6 Å². The normalized spacial score (nSPS) is 13.3. The van der Waals surface area contributed by atoms with Gasteiger partial charge in [-0.3, -0.25) is 9.59 Å². The van der Waals surface area contributed by atoms with Crippen molar-refractivity contribution in [3.8, 4) is 57.5 Å². The molecule has 0 heterocycles. The van der Waals surface area contributed by atoms with Gasteiger partial charge in [0.25, 0.3) is 0 Å². The fourth-order valence-corrected chi connectivity index (χ4v) is 22.5. The molecule has 0 aliphatic rings. The van der Waals surface area contributed by atoms with Crippen LogP contribution < -0.4 is 47.4 Å². The lowest BCUT2D eigenvalue weighted by atomic mass is 10.2. The van der Waals surface area contributed by atoms with Gasteiger partial charge in [0.15, 0.2) is 35.6 Å². The van der Waals surface area contributed by atoms with Crippen molar-refractivity contribution in [1.29, 1.82) is 0 Å². The molecule has 0 saturated carbocycles. The molecule has 0 aliphatic heterocycles. The summed E-state index contributed by atoms with van der Waals surface area (Å²) in [5, 5.41) is 0. The van der Waals surface area contributed by atoms with Crippen LogP contribution in [0.25, 0.3) is 0 Å². The summed E-state index contributed by atoms with van der Waals surface area (Å²) >= 11 is 51.4. The largest absolute Gasteiger partial charge is 0.748 e. The van der Waals surface area contributed by atoms with Gasteiger partial charge >= 0.3 is 49.0 Å². The van der Waals surface area contributed by atoms with Crippen LogP contribution in [-0.4, -0.2) is 237 Å². The van der Waals surface area contributed by atoms with Crippen LogP contribution in [0.15, 0.2) is 174 Å². The van der Waals surface area contributed by atoms with Gasteiger partial charge in [-0.25, -0.2) is 68.1 Å². The van der Waals surface area contributed by atoms with E-state index in [2.05, 4.69) is 306 Å². The molecule has 7 aromatic carbocycles. The van der Waals surface area contributed by atoms with Crippen molar-refractivity contribution in [3.63, 3.8) is 0 Å². The number of hydrogen-bond acceptors (Lipinski definition) is 36. The highest BCUT2D eigenvalue weighted by Gasteiger charge is 2.48. The number of rotatable bonds is 33. The number of benzene rings is 7. The Hall–Kier alpha value is -2.54. The third-order valence-electron chi connectivity index (χ3n) is 14.1. The van der Waals surface area contributed by atoms with Crippen LogP contribution in [-0.2, 0) is 89.9 Å². The lowest BCUT2D eigenvalue weighted by Gasteiger charge is -2.24. The molecule has 0 aliphatic carbocycles. The summed E-state index contributed by atoms with van der Waals surface area (Å²) in [7, 11) is -33.6. The Morgan fingerprint density at radius 2 is 0.633 bits per heavy atom. The van der Waals surface area contributed by atoms with E-state index >= 15 is 0 Å². The highest BCUT2D eigenvalue weighted by atomic mass is 79.9. The SMILES string of the molecule is C=CCOc1c(Br)cc(OC(CS(=O)(=O)[O-])C(F)(F)F)cc1Br.CC(C)(C)OC(=O)Oc1c(Br)cc(OC(CS(=O)(=O)[O-])C(F)(F)F)cc1Br.COCOc1c(Br)cc(OC(CS(=O)(=O)[O-])C(F)(F)F)cc1Br.O=C(CS(=O)(=O)[O-])Oc1c(Br)cccc1Br.O=C(CS(=O)(=O)[O-])Oc1cc(Br)cc(Br)c1.O=S(=O)([O-])CC(Oc1c(Br)c(Br)c(F)c(Br)c1Br)C(F)(F)F.O=S(=O)([O-])CC(Oc1cc(Br)c(Br)cc1Br)C(F)(F)F. The Balaban J connectivity index is 0.000000863. The molecule has 0 amide bonds. The van der Waals surface area contributed by atoms with E-state index in [1.54, 1.807) is 45.0 Å². The molecule has 7 aromatic rings. The third-order valence-corrected chi connectivity index (χ3v) is 31.0. The molecule has 5 atom stereocenters. The first kappa shape index (κ1) is 142. The molecule has 147 heavy (non-hydrogen) atoms. The van der Waals surface area contributed by atoms with E-state index in [4.69, 9.17) is 28.4 Å². The summed E-state index contributed by atoms with van der Waals surface area (Å²) in [6.45, 7) is 8.35. The number of para-hydroxylation sites is 1. The standard InChI is InChI=1S/C14H15Br2F3O7S.C12H11Br2F3O5S.C11H11Br2F3O6S.C9H4Br4F4O4S.C9H6Br3F3O4S.2C8H6Br2O5S/c1-13(2,3)26-12(20)25-11-8(15)4-7(5-9(11)16)24-10(14(17,18)19)6-27(21,22)23;1-2-3-21-11-8(13)4-7(5-9(11)14)22-10(12(15,16)17)6-23(18,19)20;1-20-5-21-10-7(12)2-6(3-8(10)13)22-9(11(14,15)16)4-23(17,18)19;10-3-5(12)8(6(13)4(11)7(3)14)21-2(9(15,16)17)1-22(18,19)20;10-4-1-6(12)7(2-5(4)11)19-8(9(13,14)15)3-20(16,17)18;9-5-1-6(10)3-7(2-5)15-8(11)4-16(12,13)14;9-5-2-1-3-6(10)8(5)15-7(11)4-16(12,13)14/h4-5,10H,6H2,1-3H3,(H,21,22,23);2,4-5,10H,1,3,6H2,(H,18,19,20);2-3,9H,4-5H2,1H3,(H,17,18,19);2H,1H2,(H,18,19,20);1-2,8H,3H2,(H,16,17,18);2*1-3H,4H2,(H,12,13,14)/p-7. The monoisotopic (exact) mass is 3350 g/mol. The molecule has 0 radical (unpaired) electrons. The van der Waals surface area contributed by atoms with Crippen LogP contribution >= 0.6 is 271 Å². The number of esters is 2. The molecule has 76 heteroatoms. The van der Waals surface area contributed by atoms with Gasteiger partial charge in [-0.05, 0) is 339 Å². The average Bonchev–Trinajstić information content (AvgIpc) is 0.782. The molecule has 832 valence electrons. The highest BCUT2D eigenvalue weighted by Crippen LogP contribution is 2.49. The summed E-state index contributed by atoms with van der Waals surface area (Å²) in [6, 6.07) is 18.8. The molecule has 36 nitrogen and oxygen atoms in total. The molecule has 0 spiro atoms. The number of ether oxygens (including phenoxy) is 12. The molecule has 0 bridgehead atoms. The lowest BCUT2D eigenvalue weighted by molar-refractivity contribution is -0.188. The summed E-state index contributed by atoms with van der Waals surface area (Å²) in [5.41, 5.74) is -0.831. The summed E-state index contributed by atoms with van der Waals surface area (Å²) in [4.78, 5) is 33.8. The van der Waals surface area contributed by atoms with Crippen LogP contribution in [0.5, 0.6) is 57.5 Å². The Morgan fingerprint density at radius 1 is 0.340 bits per heavy atom. The van der Waals surface area contributed by atoms with Crippen LogP contribution in [0.4, 0.5) is 75.0 Å². The van der Waals surface area contributed by atoms with E-state index in [0.29, 0.717) is 32.6 Å². The van der Waals surface area contributed by atoms with Crippen molar-refractivity contribution >= 4 is 360 Å². The number of hydrogen-bond donors (Lipinski definition) is 0. The first-order valence-corrected chi connectivity index (χ1v) is 60.5. The van der Waals surface area contributed by atoms with E-state index in [-0.39, 0.29) is 103 Å². The molecular formula is C71H52Br17F16O36S7-7. The third kappa shape index (κ3) is 58.5. The summed E-state index contributed by atoms with van der Waals surface area (Å²) in [5.74, 6) is -15.2. The first-order valence-electron chi connectivity index (χ1n) is 36.0. The molecule has 0 N–H and O–H groups in total. The van der Waals surface area contributed by atoms with Gasteiger partial charge in [0.05, 0.1) is 138 Å². The van der Waals surface area contributed by atoms with Crippen molar-refractivity contribution in [2.45, 2.75) is 87.8 Å². The first-order chi connectivity index (χ1) is 66.1. The second-order valence-electron chi connectivity index (χ2n) is 27.3. The Morgan fingerprint density at radius 3 is 0.932 bits per heavy atom. The molecule has 0 aromatic heterocycles. The maximum atomic E-state index is 13.7. The number of methoxy groups -OCH3 is 1. The highest BCUT2D eigenvalue weighted by molar-refractivity contribution is 9.15. The van der Waals surface area contributed by atoms with E-state index in [1.807, 2.05) is 0 Å². The van der Waals surface area contributed by atoms with Gasteiger partial charge in [0.2, 0.25) is 30.5 Å². The quantitative estimate of drug-likeness (QED) is 0.00424. The minimum Gasteiger partial charge on any atom is -0.748 e. The minimum absolute atomic E-state index is 0.0173. The topological polar surface area (TPSA) is 562 Å². The maximum Gasteiger partial charge on any atom is 0.514 e. The maximum absolute atomic E-state index is 13.7. The van der Waals surface area contributed by atoms with Crippen molar-refractivity contribution in [3.05, 3.63) is 179 Å². The van der Waals surface area contributed by atoms with Gasteiger partial charge in [0, 0.05) is 25.0 Å². The van der Waals surface area contributed by atoms with E-state index in [9.17, 15) is 175 Å². The molecular weight excluding hydrogens is 3320 g/mol. The Bertz CT molecular complexity index is 6510. The van der Waals surface area contributed by atoms with Crippen LogP contribution in [0.1, 0.15) is 20.8 Å². The van der Waals surface area contributed by atoms with E-state index in [1.165, 1.54) is 49.6 Å². The van der Waals surface area contributed by atoms with E-state index in [0.717, 1.165) is 24.3 Å². The lowest BCUT2D eigenvalue weighted by Crippen LogP contribution is -2.40. The van der Waals surface area contributed by atoms with Gasteiger partial charge in [-0.2, -0.15) is 65.9 Å². The fourth-order valence-electron chi connectivity index (χ4n) is 8.54. The molecule has 0 fully saturated rings. The fraction of sp³-hybridized carbons (Fsp3) is 0.338. The Kier molecular flexibility index (Phi) is 58.6. The predicted molar refractivity (Wildman–Crippen MR) is 537 cm³/mol. The summed E-state index contributed by atoms with van der Waals surface area (Å²) < 4.78 is 488. The molecule has 7 rings (SSSR count). The average molecular weight is 3370 g/mol. The zero-order chi connectivity index (χ0) is 115.